The van der Waals surface area contributed by atoms with Crippen molar-refractivity contribution in [2.24, 2.45) is 5.73 Å². The minimum absolute atomic E-state index is 0.364. The van der Waals surface area contributed by atoms with Crippen molar-refractivity contribution < 1.29 is 0 Å². The summed E-state index contributed by atoms with van der Waals surface area (Å²) in [6, 6.07) is 2.41. The zero-order valence-electron chi connectivity index (χ0n) is 8.49. The van der Waals surface area contributed by atoms with Gasteiger partial charge in [-0.3, -0.25) is 4.90 Å². The van der Waals surface area contributed by atoms with Crippen molar-refractivity contribution >= 4 is 34.7 Å². The maximum atomic E-state index is 5.95. The molecule has 1 unspecified atom stereocenters. The van der Waals surface area contributed by atoms with Crippen molar-refractivity contribution in [1.29, 1.82) is 0 Å². The average molecular weight is 263 g/mol. The number of hydrogen-bond acceptors (Lipinski definition) is 4. The molecule has 0 aliphatic carbocycles. The van der Waals surface area contributed by atoms with Crippen LogP contribution in [0.25, 0.3) is 0 Å². The van der Waals surface area contributed by atoms with Gasteiger partial charge in [-0.15, -0.1) is 11.3 Å². The van der Waals surface area contributed by atoms with Crippen LogP contribution in [0.5, 0.6) is 0 Å². The van der Waals surface area contributed by atoms with Crippen LogP contribution < -0.4 is 5.73 Å². The standard InChI is InChI=1S/C10H15ClN2S2/c11-8-5-10(15-7-8)9(6-12)13-1-3-14-4-2-13/h5,7,9H,1-4,6,12H2. The van der Waals surface area contributed by atoms with Gasteiger partial charge in [0, 0.05) is 41.4 Å². The molecule has 1 aliphatic rings. The molecule has 1 atom stereocenters. The number of hydrogen-bond donors (Lipinski definition) is 1. The third kappa shape index (κ3) is 2.88. The molecule has 0 spiro atoms. The van der Waals surface area contributed by atoms with Crippen LogP contribution in [-0.4, -0.2) is 36.0 Å². The maximum Gasteiger partial charge on any atom is 0.0565 e. The summed E-state index contributed by atoms with van der Waals surface area (Å²) < 4.78 is 0. The van der Waals surface area contributed by atoms with Crippen molar-refractivity contribution in [2.45, 2.75) is 6.04 Å². The fourth-order valence-electron chi connectivity index (χ4n) is 1.84. The Hall–Kier alpha value is 0.260. The average Bonchev–Trinajstić information content (AvgIpc) is 2.68. The van der Waals surface area contributed by atoms with Gasteiger partial charge in [0.25, 0.3) is 0 Å². The van der Waals surface area contributed by atoms with Gasteiger partial charge in [-0.2, -0.15) is 11.8 Å². The SMILES string of the molecule is NCC(c1cc(Cl)cs1)N1CCSCC1. The van der Waals surface area contributed by atoms with Gasteiger partial charge in [0.15, 0.2) is 0 Å². The second kappa shape index (κ2) is 5.55. The second-order valence-electron chi connectivity index (χ2n) is 3.57. The van der Waals surface area contributed by atoms with E-state index in [-0.39, 0.29) is 0 Å². The van der Waals surface area contributed by atoms with E-state index < -0.39 is 0 Å². The highest BCUT2D eigenvalue weighted by atomic mass is 35.5. The molecule has 2 N–H and O–H groups in total. The molecule has 0 amide bonds. The lowest BCUT2D eigenvalue weighted by molar-refractivity contribution is 0.226. The van der Waals surface area contributed by atoms with E-state index >= 15 is 0 Å². The van der Waals surface area contributed by atoms with Crippen LogP contribution >= 0.6 is 34.7 Å². The first-order valence-electron chi connectivity index (χ1n) is 5.07. The topological polar surface area (TPSA) is 29.3 Å². The van der Waals surface area contributed by atoms with E-state index in [1.54, 1.807) is 11.3 Å². The molecule has 1 fully saturated rings. The number of thioether (sulfide) groups is 1. The van der Waals surface area contributed by atoms with E-state index in [0.717, 1.165) is 18.1 Å². The van der Waals surface area contributed by atoms with Crippen LogP contribution in [0.2, 0.25) is 5.02 Å². The summed E-state index contributed by atoms with van der Waals surface area (Å²) in [5.74, 6) is 2.44. The molecule has 0 saturated carbocycles. The van der Waals surface area contributed by atoms with Gasteiger partial charge in [0.1, 0.15) is 0 Å². The molecule has 84 valence electrons. The fraction of sp³-hybridized carbons (Fsp3) is 0.600. The zero-order valence-corrected chi connectivity index (χ0v) is 10.9. The Morgan fingerprint density at radius 2 is 2.20 bits per heavy atom. The van der Waals surface area contributed by atoms with Crippen LogP contribution in [0, 0.1) is 0 Å². The minimum Gasteiger partial charge on any atom is -0.329 e. The Morgan fingerprint density at radius 1 is 1.47 bits per heavy atom. The normalized spacial score (nSPS) is 20.4. The largest absolute Gasteiger partial charge is 0.329 e. The van der Waals surface area contributed by atoms with E-state index in [2.05, 4.69) is 4.90 Å². The van der Waals surface area contributed by atoms with E-state index in [1.807, 2.05) is 23.2 Å². The Morgan fingerprint density at radius 3 is 2.73 bits per heavy atom. The van der Waals surface area contributed by atoms with Crippen molar-refractivity contribution in [1.82, 2.24) is 4.90 Å². The first-order chi connectivity index (χ1) is 7.31. The number of rotatable bonds is 3. The molecular weight excluding hydrogens is 248 g/mol. The van der Waals surface area contributed by atoms with Gasteiger partial charge in [-0.25, -0.2) is 0 Å². The molecule has 1 saturated heterocycles. The van der Waals surface area contributed by atoms with Gasteiger partial charge >= 0.3 is 0 Å². The maximum absolute atomic E-state index is 5.95. The molecular formula is C10H15ClN2S2. The van der Waals surface area contributed by atoms with Gasteiger partial charge < -0.3 is 5.73 Å². The molecule has 1 aromatic rings. The quantitative estimate of drug-likeness (QED) is 0.907. The van der Waals surface area contributed by atoms with Gasteiger partial charge in [0.05, 0.1) is 11.1 Å². The minimum atomic E-state index is 0.364. The molecule has 0 radical (unpaired) electrons. The summed E-state index contributed by atoms with van der Waals surface area (Å²) in [6.45, 7) is 2.96. The first-order valence-corrected chi connectivity index (χ1v) is 7.48. The third-order valence-corrected chi connectivity index (χ3v) is 4.95. The van der Waals surface area contributed by atoms with Gasteiger partial charge in [-0.05, 0) is 6.07 Å². The lowest BCUT2D eigenvalue weighted by atomic mass is 10.2. The number of nitrogens with two attached hydrogens (primary N) is 1. The zero-order chi connectivity index (χ0) is 10.7. The Bertz CT molecular complexity index is 310. The fourth-order valence-corrected chi connectivity index (χ4v) is 4.00. The van der Waals surface area contributed by atoms with Gasteiger partial charge in [-0.1, -0.05) is 11.6 Å². The summed E-state index contributed by atoms with van der Waals surface area (Å²) in [4.78, 5) is 3.77. The van der Waals surface area contributed by atoms with Gasteiger partial charge in [0.2, 0.25) is 0 Å². The molecule has 0 aromatic carbocycles. The summed E-state index contributed by atoms with van der Waals surface area (Å²) >= 11 is 9.68. The third-order valence-electron chi connectivity index (χ3n) is 2.63. The highest BCUT2D eigenvalue weighted by Gasteiger charge is 2.22. The molecule has 2 rings (SSSR count). The molecule has 2 heterocycles. The Balaban J connectivity index is 2.08. The van der Waals surface area contributed by atoms with Crippen LogP contribution in [0.3, 0.4) is 0 Å². The summed E-state index contributed by atoms with van der Waals surface area (Å²) in [6.07, 6.45) is 0. The number of halogens is 1. The Kier molecular flexibility index (Phi) is 4.34. The van der Waals surface area contributed by atoms with Crippen molar-refractivity contribution in [3.8, 4) is 0 Å². The highest BCUT2D eigenvalue weighted by molar-refractivity contribution is 7.99. The molecule has 2 nitrogen and oxygen atoms in total. The molecule has 1 aliphatic heterocycles. The molecule has 1 aromatic heterocycles. The summed E-state index contributed by atoms with van der Waals surface area (Å²) in [5, 5.41) is 2.82. The smallest absolute Gasteiger partial charge is 0.0565 e. The van der Waals surface area contributed by atoms with Crippen LogP contribution in [0.1, 0.15) is 10.9 Å². The van der Waals surface area contributed by atoms with E-state index in [0.29, 0.717) is 12.6 Å². The first kappa shape index (κ1) is 11.7. The monoisotopic (exact) mass is 262 g/mol. The molecule has 5 heteroatoms. The summed E-state index contributed by atoms with van der Waals surface area (Å²) in [5.41, 5.74) is 5.86. The highest BCUT2D eigenvalue weighted by Crippen LogP contribution is 2.30. The molecule has 0 bridgehead atoms. The van der Waals surface area contributed by atoms with Crippen molar-refractivity contribution in [3.63, 3.8) is 0 Å². The van der Waals surface area contributed by atoms with E-state index in [1.165, 1.54) is 16.4 Å². The number of nitrogens with zero attached hydrogens (tertiary/aromatic N) is 1. The number of thiophene rings is 1. The van der Waals surface area contributed by atoms with Crippen LogP contribution in [0.15, 0.2) is 11.4 Å². The Labute approximate surface area is 104 Å². The molecule has 15 heavy (non-hydrogen) atoms. The van der Waals surface area contributed by atoms with Crippen molar-refractivity contribution in [2.75, 3.05) is 31.1 Å². The second-order valence-corrected chi connectivity index (χ2v) is 6.17. The van der Waals surface area contributed by atoms with Crippen molar-refractivity contribution in [3.05, 3.63) is 21.3 Å². The lowest BCUT2D eigenvalue weighted by Crippen LogP contribution is -2.39. The van der Waals surface area contributed by atoms with E-state index in [9.17, 15) is 0 Å². The van der Waals surface area contributed by atoms with Crippen LogP contribution in [0.4, 0.5) is 0 Å². The van der Waals surface area contributed by atoms with E-state index in [4.69, 9.17) is 17.3 Å². The lowest BCUT2D eigenvalue weighted by Gasteiger charge is -2.32. The summed E-state index contributed by atoms with van der Waals surface area (Å²) in [7, 11) is 0. The van der Waals surface area contributed by atoms with Crippen LogP contribution in [-0.2, 0) is 0 Å². The predicted octanol–water partition coefficient (Wildman–Crippen LogP) is 2.45. The predicted molar refractivity (Wildman–Crippen MR) is 70.0 cm³/mol.